The fourth-order valence-electron chi connectivity index (χ4n) is 3.05. The summed E-state index contributed by atoms with van der Waals surface area (Å²) in [6, 6.07) is 0. The van der Waals surface area contributed by atoms with Gasteiger partial charge in [0, 0.05) is 17.5 Å². The maximum atomic E-state index is 11.9. The number of nitrogens with zero attached hydrogens (tertiary/aromatic N) is 3. The standard InChI is InChI=1S/C18H27N5O2/c1-10-13(7-8-15(25)20-9-14(19)24)11(2)21-17-16(10)12(3)22-23(17)18(4,5)6/h7-9H2,1-6H3,(H2,19,24)(H,20,25). The minimum absolute atomic E-state index is 0.133. The van der Waals surface area contributed by atoms with Crippen LogP contribution in [0.1, 0.15) is 49.7 Å². The Morgan fingerprint density at radius 3 is 2.36 bits per heavy atom. The molecule has 2 aromatic rings. The normalized spacial score (nSPS) is 11.8. The molecular weight excluding hydrogens is 318 g/mol. The van der Waals surface area contributed by atoms with Crippen LogP contribution in [-0.2, 0) is 21.5 Å². The van der Waals surface area contributed by atoms with E-state index in [2.05, 4.69) is 38.1 Å². The first kappa shape index (κ1) is 18.9. The Labute approximate surface area is 148 Å². The zero-order valence-electron chi connectivity index (χ0n) is 15.9. The van der Waals surface area contributed by atoms with E-state index in [1.54, 1.807) is 0 Å². The lowest BCUT2D eigenvalue weighted by Crippen LogP contribution is -2.33. The number of carbonyl (C=O) groups excluding carboxylic acids is 2. The molecule has 2 amide bonds. The Balaban J connectivity index is 2.35. The van der Waals surface area contributed by atoms with E-state index < -0.39 is 5.91 Å². The molecule has 2 aromatic heterocycles. The molecule has 0 aliphatic rings. The first-order valence-corrected chi connectivity index (χ1v) is 8.43. The number of nitrogens with one attached hydrogen (secondary N) is 1. The molecule has 0 bridgehead atoms. The highest BCUT2D eigenvalue weighted by Gasteiger charge is 2.23. The van der Waals surface area contributed by atoms with E-state index in [-0.39, 0.29) is 24.4 Å². The molecule has 0 aliphatic heterocycles. The predicted molar refractivity (Wildman–Crippen MR) is 97.3 cm³/mol. The first-order valence-electron chi connectivity index (χ1n) is 8.43. The molecule has 7 heteroatoms. The lowest BCUT2D eigenvalue weighted by Gasteiger charge is -2.20. The number of fused-ring (bicyclic) bond motifs is 1. The van der Waals surface area contributed by atoms with Gasteiger partial charge in [-0.3, -0.25) is 9.59 Å². The van der Waals surface area contributed by atoms with E-state index in [1.807, 2.05) is 18.5 Å². The summed E-state index contributed by atoms with van der Waals surface area (Å²) in [4.78, 5) is 27.4. The number of pyridine rings is 1. The van der Waals surface area contributed by atoms with Crippen LogP contribution in [0, 0.1) is 20.8 Å². The summed E-state index contributed by atoms with van der Waals surface area (Å²) >= 11 is 0. The molecule has 0 saturated carbocycles. The molecule has 0 spiro atoms. The van der Waals surface area contributed by atoms with Crippen molar-refractivity contribution in [3.8, 4) is 0 Å². The third kappa shape index (κ3) is 3.97. The number of carbonyl (C=O) groups is 2. The second-order valence-electron chi connectivity index (χ2n) is 7.41. The maximum absolute atomic E-state index is 11.9. The molecule has 0 aliphatic carbocycles. The molecule has 0 saturated heterocycles. The van der Waals surface area contributed by atoms with Crippen molar-refractivity contribution >= 4 is 22.8 Å². The van der Waals surface area contributed by atoms with Crippen LogP contribution in [-0.4, -0.2) is 33.1 Å². The highest BCUT2D eigenvalue weighted by Crippen LogP contribution is 2.29. The Bertz CT molecular complexity index is 830. The largest absolute Gasteiger partial charge is 0.368 e. The van der Waals surface area contributed by atoms with Crippen molar-refractivity contribution in [2.45, 2.75) is 59.9 Å². The fourth-order valence-corrected chi connectivity index (χ4v) is 3.05. The third-order valence-electron chi connectivity index (χ3n) is 4.27. The van der Waals surface area contributed by atoms with Crippen LogP contribution in [0.2, 0.25) is 0 Å². The van der Waals surface area contributed by atoms with Crippen molar-refractivity contribution in [2.24, 2.45) is 5.73 Å². The van der Waals surface area contributed by atoms with Gasteiger partial charge in [0.1, 0.15) is 0 Å². The summed E-state index contributed by atoms with van der Waals surface area (Å²) in [5.41, 5.74) is 9.76. The molecule has 7 nitrogen and oxygen atoms in total. The lowest BCUT2D eigenvalue weighted by molar-refractivity contribution is -0.124. The minimum atomic E-state index is -0.547. The van der Waals surface area contributed by atoms with Crippen molar-refractivity contribution in [1.29, 1.82) is 0 Å². The van der Waals surface area contributed by atoms with Crippen molar-refractivity contribution in [1.82, 2.24) is 20.1 Å². The van der Waals surface area contributed by atoms with Crippen LogP contribution in [0.5, 0.6) is 0 Å². The molecule has 0 unspecified atom stereocenters. The van der Waals surface area contributed by atoms with Crippen LogP contribution in [0.25, 0.3) is 11.0 Å². The fraction of sp³-hybridized carbons (Fsp3) is 0.556. The Morgan fingerprint density at radius 2 is 1.80 bits per heavy atom. The molecule has 25 heavy (non-hydrogen) atoms. The molecule has 0 aromatic carbocycles. The van der Waals surface area contributed by atoms with Gasteiger partial charge < -0.3 is 11.1 Å². The quantitative estimate of drug-likeness (QED) is 0.860. The Morgan fingerprint density at radius 1 is 1.16 bits per heavy atom. The van der Waals surface area contributed by atoms with Crippen molar-refractivity contribution in [3.63, 3.8) is 0 Å². The maximum Gasteiger partial charge on any atom is 0.236 e. The molecule has 0 atom stereocenters. The number of aromatic nitrogens is 3. The van der Waals surface area contributed by atoms with Gasteiger partial charge in [-0.25, -0.2) is 9.67 Å². The second-order valence-corrected chi connectivity index (χ2v) is 7.41. The van der Waals surface area contributed by atoms with Gasteiger partial charge in [0.25, 0.3) is 0 Å². The Kier molecular flexibility index (Phi) is 5.15. The van der Waals surface area contributed by atoms with E-state index in [4.69, 9.17) is 10.7 Å². The summed E-state index contributed by atoms with van der Waals surface area (Å²) in [7, 11) is 0. The zero-order chi connectivity index (χ0) is 18.9. The third-order valence-corrected chi connectivity index (χ3v) is 4.27. The lowest BCUT2D eigenvalue weighted by atomic mass is 9.99. The number of aryl methyl sites for hydroxylation is 3. The monoisotopic (exact) mass is 345 g/mol. The van der Waals surface area contributed by atoms with E-state index in [0.717, 1.165) is 33.5 Å². The highest BCUT2D eigenvalue weighted by atomic mass is 16.2. The number of hydrogen-bond acceptors (Lipinski definition) is 4. The number of amides is 2. The summed E-state index contributed by atoms with van der Waals surface area (Å²) in [5.74, 6) is -0.742. The molecule has 2 rings (SSSR count). The topological polar surface area (TPSA) is 103 Å². The smallest absolute Gasteiger partial charge is 0.236 e. The van der Waals surface area contributed by atoms with Crippen LogP contribution in [0.3, 0.4) is 0 Å². The van der Waals surface area contributed by atoms with Gasteiger partial charge in [-0.05, 0) is 59.1 Å². The highest BCUT2D eigenvalue weighted by molar-refractivity contribution is 5.85. The molecular formula is C18H27N5O2. The van der Waals surface area contributed by atoms with Crippen molar-refractivity contribution in [3.05, 3.63) is 22.5 Å². The molecule has 2 heterocycles. The van der Waals surface area contributed by atoms with Crippen LogP contribution >= 0.6 is 0 Å². The molecule has 0 radical (unpaired) electrons. The van der Waals surface area contributed by atoms with E-state index in [9.17, 15) is 9.59 Å². The van der Waals surface area contributed by atoms with Gasteiger partial charge in [0.15, 0.2) is 5.65 Å². The van der Waals surface area contributed by atoms with Crippen LogP contribution in [0.4, 0.5) is 0 Å². The summed E-state index contributed by atoms with van der Waals surface area (Å²) in [6.07, 6.45) is 0.847. The SMILES string of the molecule is Cc1nc2c(c(C)nn2C(C)(C)C)c(C)c1CCC(=O)NCC(N)=O. The van der Waals surface area contributed by atoms with Gasteiger partial charge in [-0.1, -0.05) is 0 Å². The average Bonchev–Trinajstić information content (AvgIpc) is 2.81. The Hall–Kier alpha value is -2.44. The van der Waals surface area contributed by atoms with Gasteiger partial charge in [-0.15, -0.1) is 0 Å². The van der Waals surface area contributed by atoms with Gasteiger partial charge >= 0.3 is 0 Å². The number of rotatable bonds is 5. The van der Waals surface area contributed by atoms with E-state index in [0.29, 0.717) is 6.42 Å². The number of hydrogen-bond donors (Lipinski definition) is 2. The van der Waals surface area contributed by atoms with Gasteiger partial charge in [0.05, 0.1) is 17.8 Å². The first-order chi connectivity index (χ1) is 11.5. The molecule has 136 valence electrons. The average molecular weight is 345 g/mol. The van der Waals surface area contributed by atoms with Crippen molar-refractivity contribution < 1.29 is 9.59 Å². The molecule has 0 fully saturated rings. The summed E-state index contributed by atoms with van der Waals surface area (Å²) < 4.78 is 1.96. The van der Waals surface area contributed by atoms with Crippen LogP contribution in [0.15, 0.2) is 0 Å². The zero-order valence-corrected chi connectivity index (χ0v) is 15.9. The number of nitrogens with two attached hydrogens (primary N) is 1. The van der Waals surface area contributed by atoms with Gasteiger partial charge in [-0.2, -0.15) is 5.10 Å². The molecule has 3 N–H and O–H groups in total. The van der Waals surface area contributed by atoms with E-state index >= 15 is 0 Å². The van der Waals surface area contributed by atoms with E-state index in [1.165, 1.54) is 0 Å². The summed E-state index contributed by atoms with van der Waals surface area (Å²) in [6.45, 7) is 12.2. The van der Waals surface area contributed by atoms with Crippen molar-refractivity contribution in [2.75, 3.05) is 6.54 Å². The minimum Gasteiger partial charge on any atom is -0.368 e. The van der Waals surface area contributed by atoms with Gasteiger partial charge in [0.2, 0.25) is 11.8 Å². The second kappa shape index (κ2) is 6.82. The number of primary amides is 1. The summed E-state index contributed by atoms with van der Waals surface area (Å²) in [5, 5.41) is 8.23. The van der Waals surface area contributed by atoms with Crippen LogP contribution < -0.4 is 11.1 Å². The predicted octanol–water partition coefficient (Wildman–Crippen LogP) is 1.65.